The van der Waals surface area contributed by atoms with Gasteiger partial charge in [-0.25, -0.2) is 0 Å². The standard InChI is InChI=1S/2C30H35.C3H7.CH3.2ClH.H2Si.Zr/c2*1-3-19(2)23-7-9-24(10-8-23)28-6-4-5-25-12-22(18-30(25)28)17-29-26-13-20-11-21(15-26)16-27(29)14-20;1-3-2;;;;;/h2*4-10,12,18-21,26-27,29H,3,11,13-17H2,1-2H3;1,3H2,2H3;1H3;2*1H;1H2;. The van der Waals surface area contributed by atoms with Gasteiger partial charge in [0.2, 0.25) is 0 Å². The Labute approximate surface area is 427 Å². The Morgan fingerprint density at radius 1 is 0.500 bits per heavy atom. The van der Waals surface area contributed by atoms with Gasteiger partial charge < -0.3 is 0 Å². The molecule has 10 aliphatic carbocycles. The minimum atomic E-state index is -4.09. The molecule has 362 valence electrons. The number of halogens is 2. The topological polar surface area (TPSA) is 0 Å². The maximum atomic E-state index is 3.07. The van der Waals surface area contributed by atoms with Gasteiger partial charge in [-0.05, 0) is 0 Å². The van der Waals surface area contributed by atoms with Crippen LogP contribution in [0.3, 0.4) is 0 Å². The van der Waals surface area contributed by atoms with E-state index in [9.17, 15) is 0 Å². The van der Waals surface area contributed by atoms with Crippen molar-refractivity contribution in [2.45, 2.75) is 159 Å². The molecular formula is C64H84Cl2SiZr. The van der Waals surface area contributed by atoms with Crippen LogP contribution in [0, 0.1) is 59.2 Å². The fraction of sp³-hybridized carbons (Fsp3) is 0.562. The van der Waals surface area contributed by atoms with Crippen LogP contribution in [-0.4, -0.2) is 6.88 Å². The van der Waals surface area contributed by atoms with Gasteiger partial charge >= 0.3 is 406 Å². The van der Waals surface area contributed by atoms with Gasteiger partial charge in [-0.1, -0.05) is 0 Å². The smallest absolute Gasteiger partial charge is 0.147 e. The number of hydrogen-bond acceptors (Lipinski definition) is 0. The molecule has 0 aliphatic heterocycles. The third kappa shape index (κ3) is 8.31. The predicted octanol–water partition coefficient (Wildman–Crippen LogP) is 18.5. The number of fused-ring (bicyclic) bond motifs is 2. The summed E-state index contributed by atoms with van der Waals surface area (Å²) in [6.45, 7) is 14.7. The fourth-order valence-corrected chi connectivity index (χ4v) is 44.5. The first-order chi connectivity index (χ1) is 32.0. The summed E-state index contributed by atoms with van der Waals surface area (Å²) in [5.41, 5.74) is 19.2. The van der Waals surface area contributed by atoms with Crippen molar-refractivity contribution < 1.29 is 17.4 Å². The van der Waals surface area contributed by atoms with Crippen LogP contribution < -0.4 is 0 Å². The Hall–Kier alpha value is -1.96. The van der Waals surface area contributed by atoms with E-state index in [-0.39, 0.29) is 24.8 Å². The van der Waals surface area contributed by atoms with Crippen LogP contribution in [-0.2, 0) is 17.4 Å². The SMILES string of the molecule is CC[CH2][Zr]([CH3])(=[SiH2])([CH]1C(CC2C3CC4CC(C3)CC2C4)=Cc2c(-c3ccc(C(C)CC)cc3)cccc21)[CH]1C(CC2C3CC4CC(C3)CC2C4)=Cc2c(-c3ccc(C(C)CC)cc3)cccc21.Cl.Cl. The first kappa shape index (κ1) is 49.6. The summed E-state index contributed by atoms with van der Waals surface area (Å²) in [6.07, 6.45) is 27.4. The van der Waals surface area contributed by atoms with Crippen molar-refractivity contribution in [1.82, 2.24) is 0 Å². The molecule has 0 N–H and O–H groups in total. The molecule has 8 bridgehead atoms. The van der Waals surface area contributed by atoms with Crippen molar-refractivity contribution in [2.75, 3.05) is 0 Å². The molecule has 68 heavy (non-hydrogen) atoms. The van der Waals surface area contributed by atoms with Gasteiger partial charge in [0, 0.05) is 0 Å². The molecule has 0 spiro atoms. The minimum absolute atomic E-state index is 0. The van der Waals surface area contributed by atoms with E-state index in [1.165, 1.54) is 121 Å². The van der Waals surface area contributed by atoms with E-state index in [0.717, 1.165) is 59.2 Å². The van der Waals surface area contributed by atoms with E-state index >= 15 is 0 Å². The average molecular weight is 1040 g/mol. The Bertz CT molecular complexity index is 2410. The molecule has 0 aromatic heterocycles. The largest absolute Gasteiger partial charge is 0.147 e. The molecule has 0 saturated heterocycles. The zero-order valence-corrected chi connectivity index (χ0v) is 48.2. The number of rotatable bonds is 14. The molecule has 4 heteroatoms. The van der Waals surface area contributed by atoms with Gasteiger partial charge in [0.15, 0.2) is 0 Å². The fourth-order valence-electron chi connectivity index (χ4n) is 18.7. The van der Waals surface area contributed by atoms with Crippen molar-refractivity contribution in [3.05, 3.63) is 129 Å². The van der Waals surface area contributed by atoms with Crippen molar-refractivity contribution in [1.29, 1.82) is 0 Å². The van der Waals surface area contributed by atoms with Crippen LogP contribution >= 0.6 is 24.8 Å². The minimum Gasteiger partial charge on any atom is -0.147 e. The van der Waals surface area contributed by atoms with Crippen LogP contribution in [0.4, 0.5) is 0 Å². The van der Waals surface area contributed by atoms with Gasteiger partial charge in [-0.15, -0.1) is 24.8 Å². The number of hydrogen-bond donors (Lipinski definition) is 0. The summed E-state index contributed by atoms with van der Waals surface area (Å²) in [5, 5.41) is 0. The zero-order valence-electron chi connectivity index (χ0n) is 42.7. The molecule has 4 unspecified atom stereocenters. The molecule has 4 atom stereocenters. The normalized spacial score (nSPS) is 32.5. The molecule has 8 saturated carbocycles. The van der Waals surface area contributed by atoms with Crippen LogP contribution in [0.25, 0.3) is 34.4 Å². The van der Waals surface area contributed by atoms with Crippen molar-refractivity contribution >= 4 is 43.8 Å². The molecule has 8 fully saturated rings. The van der Waals surface area contributed by atoms with Gasteiger partial charge in [0.25, 0.3) is 0 Å². The molecule has 0 heterocycles. The molecule has 14 rings (SSSR count). The molecule has 10 aliphatic rings. The maximum Gasteiger partial charge on any atom is -0.147 e. The summed E-state index contributed by atoms with van der Waals surface area (Å²) in [4.78, 5) is 0. The first-order valence-corrected chi connectivity index (χ1v) is 40.9. The van der Waals surface area contributed by atoms with Crippen LogP contribution in [0.5, 0.6) is 0 Å². The van der Waals surface area contributed by atoms with E-state index in [1.807, 2.05) is 11.1 Å². The Morgan fingerprint density at radius 3 is 1.18 bits per heavy atom. The third-order valence-corrected chi connectivity index (χ3v) is 45.1. The molecule has 4 aromatic rings. The number of allylic oxidation sites excluding steroid dienone is 2. The zero-order chi connectivity index (χ0) is 45.1. The Kier molecular flexibility index (Phi) is 14.0. The van der Waals surface area contributed by atoms with Gasteiger partial charge in [0.1, 0.15) is 0 Å². The Balaban J connectivity index is 0.00000269. The second-order valence-electron chi connectivity index (χ2n) is 25.6. The summed E-state index contributed by atoms with van der Waals surface area (Å²) in [5.74, 6) is 10.9. The summed E-state index contributed by atoms with van der Waals surface area (Å²) < 4.78 is 5.69. The summed E-state index contributed by atoms with van der Waals surface area (Å²) in [6, 6.07) is 35.0. The van der Waals surface area contributed by atoms with Gasteiger partial charge in [0.05, 0.1) is 0 Å². The van der Waals surface area contributed by atoms with Crippen molar-refractivity contribution in [2.24, 2.45) is 59.2 Å². The van der Waals surface area contributed by atoms with Gasteiger partial charge in [-0.3, -0.25) is 0 Å². The van der Waals surface area contributed by atoms with E-state index in [1.54, 1.807) is 35.1 Å². The van der Waals surface area contributed by atoms with Crippen LogP contribution in [0.2, 0.25) is 8.76 Å². The average Bonchev–Trinajstić information content (AvgIpc) is 3.90. The number of benzene rings is 4. The van der Waals surface area contributed by atoms with Crippen molar-refractivity contribution in [3.8, 4) is 22.3 Å². The first-order valence-electron chi connectivity index (χ1n) is 27.9. The van der Waals surface area contributed by atoms with Crippen molar-refractivity contribution in [3.63, 3.8) is 0 Å². The quantitative estimate of drug-likeness (QED) is 0.110. The monoisotopic (exact) mass is 1040 g/mol. The molecule has 0 radical (unpaired) electrons. The molecule has 0 amide bonds. The molecular weight excluding hydrogens is 959 g/mol. The van der Waals surface area contributed by atoms with E-state index in [4.69, 9.17) is 0 Å². The summed E-state index contributed by atoms with van der Waals surface area (Å²) >= 11 is -4.09. The third-order valence-electron chi connectivity index (χ3n) is 21.6. The van der Waals surface area contributed by atoms with E-state index in [2.05, 4.69) is 143 Å². The molecule has 0 nitrogen and oxygen atoms in total. The second kappa shape index (κ2) is 19.1. The van der Waals surface area contributed by atoms with E-state index < -0.39 is 17.4 Å². The van der Waals surface area contributed by atoms with Crippen LogP contribution in [0.15, 0.2) is 96.1 Å². The van der Waals surface area contributed by atoms with E-state index in [0.29, 0.717) is 19.1 Å². The Morgan fingerprint density at radius 2 is 0.853 bits per heavy atom. The molecule has 4 aromatic carbocycles. The van der Waals surface area contributed by atoms with Gasteiger partial charge in [-0.2, -0.15) is 0 Å². The summed E-state index contributed by atoms with van der Waals surface area (Å²) in [7, 11) is 0. The predicted molar refractivity (Wildman–Crippen MR) is 297 cm³/mol. The second-order valence-corrected chi connectivity index (χ2v) is 54.1. The maximum absolute atomic E-state index is 4.09. The van der Waals surface area contributed by atoms with Crippen LogP contribution in [0.1, 0.15) is 183 Å².